The highest BCUT2D eigenvalue weighted by molar-refractivity contribution is 5.99. The number of nitrogens with zero attached hydrogens (tertiary/aromatic N) is 1. The highest BCUT2D eigenvalue weighted by Crippen LogP contribution is 2.35. The lowest BCUT2D eigenvalue weighted by molar-refractivity contribution is -0.117. The standard InChI is InChI=1S/C26H24N2O4/c1-17-6-8-18(9-7-17)22(28-16-19-4-2-3-5-21(19)26(28)30)15-25(29)27-20-10-11-23-24(14-20)32-13-12-31-23/h2-11,14,22H,12-13,15-16H2,1H3,(H,27,29)/t22-/m0/s1. The Bertz CT molecular complexity index is 1170. The second-order valence-electron chi connectivity index (χ2n) is 8.13. The Balaban J connectivity index is 1.38. The number of hydrogen-bond donors (Lipinski definition) is 1. The Morgan fingerprint density at radius 3 is 2.53 bits per heavy atom. The van der Waals surface area contributed by atoms with Gasteiger partial charge < -0.3 is 19.7 Å². The summed E-state index contributed by atoms with van der Waals surface area (Å²) in [5.74, 6) is 1.08. The van der Waals surface area contributed by atoms with E-state index in [1.54, 1.807) is 23.1 Å². The van der Waals surface area contributed by atoms with Crippen molar-refractivity contribution in [2.24, 2.45) is 0 Å². The van der Waals surface area contributed by atoms with Gasteiger partial charge in [-0.15, -0.1) is 0 Å². The Hall–Kier alpha value is -3.80. The van der Waals surface area contributed by atoms with Crippen molar-refractivity contribution in [3.05, 3.63) is 89.0 Å². The minimum absolute atomic E-state index is 0.0432. The molecule has 2 aliphatic rings. The number of fused-ring (bicyclic) bond motifs is 2. The molecule has 6 nitrogen and oxygen atoms in total. The van der Waals surface area contributed by atoms with Crippen LogP contribution in [0.4, 0.5) is 5.69 Å². The van der Waals surface area contributed by atoms with Crippen LogP contribution >= 0.6 is 0 Å². The molecule has 3 aromatic carbocycles. The van der Waals surface area contributed by atoms with E-state index in [9.17, 15) is 9.59 Å². The van der Waals surface area contributed by atoms with Gasteiger partial charge in [-0.2, -0.15) is 0 Å². The Kier molecular flexibility index (Phi) is 5.27. The Morgan fingerprint density at radius 1 is 1.00 bits per heavy atom. The Morgan fingerprint density at radius 2 is 1.75 bits per heavy atom. The molecule has 0 bridgehead atoms. The molecule has 0 unspecified atom stereocenters. The predicted octanol–water partition coefficient (Wildman–Crippen LogP) is 4.49. The average Bonchev–Trinajstić information content (AvgIpc) is 3.14. The molecule has 0 spiro atoms. The van der Waals surface area contributed by atoms with E-state index in [4.69, 9.17) is 9.47 Å². The van der Waals surface area contributed by atoms with Crippen molar-refractivity contribution in [1.82, 2.24) is 4.90 Å². The molecule has 0 saturated heterocycles. The van der Waals surface area contributed by atoms with Gasteiger partial charge in [-0.1, -0.05) is 48.0 Å². The third kappa shape index (κ3) is 3.91. The van der Waals surface area contributed by atoms with Gasteiger partial charge in [0, 0.05) is 23.9 Å². The van der Waals surface area contributed by atoms with E-state index in [2.05, 4.69) is 5.32 Å². The fourth-order valence-electron chi connectivity index (χ4n) is 4.23. The van der Waals surface area contributed by atoms with Gasteiger partial charge in [0.1, 0.15) is 13.2 Å². The highest BCUT2D eigenvalue weighted by Gasteiger charge is 2.34. The second kappa shape index (κ2) is 8.38. The van der Waals surface area contributed by atoms with Crippen molar-refractivity contribution in [1.29, 1.82) is 0 Å². The maximum Gasteiger partial charge on any atom is 0.255 e. The van der Waals surface area contributed by atoms with E-state index >= 15 is 0 Å². The molecule has 2 heterocycles. The fraction of sp³-hybridized carbons (Fsp3) is 0.231. The average molecular weight is 428 g/mol. The number of hydrogen-bond acceptors (Lipinski definition) is 4. The number of amides is 2. The third-order valence-corrected chi connectivity index (χ3v) is 5.89. The van der Waals surface area contributed by atoms with Gasteiger partial charge in [-0.25, -0.2) is 0 Å². The third-order valence-electron chi connectivity index (χ3n) is 5.89. The van der Waals surface area contributed by atoms with Crippen molar-refractivity contribution in [3.8, 4) is 11.5 Å². The lowest BCUT2D eigenvalue weighted by atomic mass is 10.00. The zero-order valence-electron chi connectivity index (χ0n) is 17.8. The number of nitrogens with one attached hydrogen (secondary N) is 1. The van der Waals surface area contributed by atoms with Crippen LogP contribution in [0.15, 0.2) is 66.7 Å². The smallest absolute Gasteiger partial charge is 0.255 e. The number of ether oxygens (including phenoxy) is 2. The van der Waals surface area contributed by atoms with Gasteiger partial charge in [0.25, 0.3) is 5.91 Å². The zero-order chi connectivity index (χ0) is 22.1. The number of benzene rings is 3. The number of carbonyl (C=O) groups excluding carboxylic acids is 2. The normalized spacial score (nSPS) is 15.3. The summed E-state index contributed by atoms with van der Waals surface area (Å²) in [6, 6.07) is 20.6. The van der Waals surface area contributed by atoms with E-state index in [1.807, 2.05) is 55.5 Å². The van der Waals surface area contributed by atoms with Crippen molar-refractivity contribution in [2.45, 2.75) is 25.9 Å². The molecule has 3 aromatic rings. The van der Waals surface area contributed by atoms with Crippen molar-refractivity contribution in [3.63, 3.8) is 0 Å². The zero-order valence-corrected chi connectivity index (χ0v) is 17.8. The molecule has 1 atom stereocenters. The SMILES string of the molecule is Cc1ccc([C@H](CC(=O)Nc2ccc3c(c2)OCCO3)N2Cc3ccccc3C2=O)cc1. The molecule has 2 aliphatic heterocycles. The van der Waals surface area contributed by atoms with Crippen molar-refractivity contribution >= 4 is 17.5 Å². The maximum atomic E-state index is 13.1. The molecule has 32 heavy (non-hydrogen) atoms. The maximum absolute atomic E-state index is 13.1. The summed E-state index contributed by atoms with van der Waals surface area (Å²) in [5, 5.41) is 2.95. The van der Waals surface area contributed by atoms with Crippen LogP contribution in [0.5, 0.6) is 11.5 Å². The first-order valence-corrected chi connectivity index (χ1v) is 10.7. The van der Waals surface area contributed by atoms with Gasteiger partial charge in [0.05, 0.1) is 12.5 Å². The monoisotopic (exact) mass is 428 g/mol. The van der Waals surface area contributed by atoms with E-state index in [0.717, 1.165) is 16.7 Å². The summed E-state index contributed by atoms with van der Waals surface area (Å²) < 4.78 is 11.2. The number of rotatable bonds is 5. The molecule has 162 valence electrons. The quantitative estimate of drug-likeness (QED) is 0.650. The van der Waals surface area contributed by atoms with Crippen molar-refractivity contribution < 1.29 is 19.1 Å². The van der Waals surface area contributed by atoms with Gasteiger partial charge >= 0.3 is 0 Å². The summed E-state index contributed by atoms with van der Waals surface area (Å²) in [6.45, 7) is 3.51. The van der Waals surface area contributed by atoms with Crippen LogP contribution < -0.4 is 14.8 Å². The van der Waals surface area contributed by atoms with E-state index in [1.165, 1.54) is 0 Å². The van der Waals surface area contributed by atoms with Crippen LogP contribution in [-0.4, -0.2) is 29.9 Å². The molecule has 1 N–H and O–H groups in total. The second-order valence-corrected chi connectivity index (χ2v) is 8.13. The lowest BCUT2D eigenvalue weighted by Crippen LogP contribution is -2.32. The molecule has 0 saturated carbocycles. The molecular formula is C26H24N2O4. The van der Waals surface area contributed by atoms with Crippen LogP contribution in [0.3, 0.4) is 0 Å². The molecular weight excluding hydrogens is 404 g/mol. The van der Waals surface area contributed by atoms with E-state index < -0.39 is 0 Å². The molecule has 0 aliphatic carbocycles. The van der Waals surface area contributed by atoms with Gasteiger partial charge in [0.15, 0.2) is 11.5 Å². The molecule has 2 amide bonds. The molecule has 0 aromatic heterocycles. The summed E-state index contributed by atoms with van der Waals surface area (Å²) >= 11 is 0. The number of anilines is 1. The Labute approximate surface area is 186 Å². The van der Waals surface area contributed by atoms with Crippen LogP contribution in [0.2, 0.25) is 0 Å². The highest BCUT2D eigenvalue weighted by atomic mass is 16.6. The molecule has 0 fully saturated rings. The van der Waals surface area contributed by atoms with Crippen LogP contribution in [0.25, 0.3) is 0 Å². The van der Waals surface area contributed by atoms with Crippen LogP contribution in [0.1, 0.15) is 39.5 Å². The summed E-state index contributed by atoms with van der Waals surface area (Å²) in [5.41, 5.74) is 4.40. The van der Waals surface area contributed by atoms with Crippen LogP contribution in [0, 0.1) is 6.92 Å². The largest absolute Gasteiger partial charge is 0.486 e. The first-order chi connectivity index (χ1) is 15.6. The van der Waals surface area contributed by atoms with E-state index in [-0.39, 0.29) is 24.3 Å². The molecule has 6 heteroatoms. The molecule has 5 rings (SSSR count). The summed E-state index contributed by atoms with van der Waals surface area (Å²) in [6.07, 6.45) is 0.150. The van der Waals surface area contributed by atoms with Crippen LogP contribution in [-0.2, 0) is 11.3 Å². The fourth-order valence-corrected chi connectivity index (χ4v) is 4.23. The first-order valence-electron chi connectivity index (χ1n) is 10.7. The lowest BCUT2D eigenvalue weighted by Gasteiger charge is -2.28. The van der Waals surface area contributed by atoms with Gasteiger partial charge in [-0.3, -0.25) is 9.59 Å². The molecule has 0 radical (unpaired) electrons. The van der Waals surface area contributed by atoms with Gasteiger partial charge in [0.2, 0.25) is 5.91 Å². The van der Waals surface area contributed by atoms with Crippen molar-refractivity contribution in [2.75, 3.05) is 18.5 Å². The van der Waals surface area contributed by atoms with E-state index in [0.29, 0.717) is 42.5 Å². The number of carbonyl (C=O) groups is 2. The summed E-state index contributed by atoms with van der Waals surface area (Å²) in [4.78, 5) is 28.0. The minimum Gasteiger partial charge on any atom is -0.486 e. The predicted molar refractivity (Wildman–Crippen MR) is 121 cm³/mol. The first kappa shape index (κ1) is 20.1. The number of aryl methyl sites for hydroxylation is 1. The van der Waals surface area contributed by atoms with Gasteiger partial charge in [-0.05, 0) is 36.2 Å². The minimum atomic E-state index is -0.368. The topological polar surface area (TPSA) is 67.9 Å². The summed E-state index contributed by atoms with van der Waals surface area (Å²) in [7, 11) is 0.